The van der Waals surface area contributed by atoms with Crippen LogP contribution in [0.1, 0.15) is 140 Å². The zero-order valence-electron chi connectivity index (χ0n) is 44.1. The molecule has 22 atom stereocenters. The second-order valence-corrected chi connectivity index (χ2v) is 24.3. The zero-order valence-corrected chi connectivity index (χ0v) is 44.1. The van der Waals surface area contributed by atoms with E-state index >= 15 is 0 Å². The van der Waals surface area contributed by atoms with Gasteiger partial charge in [0.2, 0.25) is 0 Å². The predicted molar refractivity (Wildman–Crippen MR) is 259 cm³/mol. The van der Waals surface area contributed by atoms with Gasteiger partial charge in [0.15, 0.2) is 11.9 Å². The number of esters is 1. The van der Waals surface area contributed by atoms with Gasteiger partial charge >= 0.3 is 5.97 Å². The van der Waals surface area contributed by atoms with Crippen molar-refractivity contribution in [2.24, 2.45) is 52.3 Å². The maximum Gasteiger partial charge on any atom is 0.311 e. The molecule has 396 valence electrons. The van der Waals surface area contributed by atoms with Crippen LogP contribution in [0.3, 0.4) is 0 Å². The summed E-state index contributed by atoms with van der Waals surface area (Å²) in [5.74, 6) is -3.74. The van der Waals surface area contributed by atoms with Crippen molar-refractivity contribution in [3.8, 4) is 0 Å². The first-order chi connectivity index (χ1) is 32.0. The van der Waals surface area contributed by atoms with Crippen LogP contribution in [0.4, 0.5) is 0 Å². The number of hydrogen-bond acceptors (Lipinski definition) is 15. The third kappa shape index (κ3) is 10.4. The molecule has 2 saturated heterocycles. The SMILES string of the molecule is CC[C@H]1OC(=O)[C@H](C)[C@@H](O)[C@H](C)C(O[C@@H]2O[C@H](C)C[C@@H](N(C)C)[C@H]2O)[C@](C)(O)C[C@@H](C)CN(CCCNC(=O)[C@@]2(O)[C@H](C)CC3C4CC=C5CC(=O)CC[C@]5(C)C4[C@@H](O)C[C@@]32C)[C@H](C)[C@@H](O)[C@]1(C)O. The highest BCUT2D eigenvalue weighted by Crippen LogP contribution is 2.68. The highest BCUT2D eigenvalue weighted by Gasteiger charge is 2.70. The van der Waals surface area contributed by atoms with Crippen molar-refractivity contribution in [2.45, 2.75) is 218 Å². The molecule has 0 aromatic heterocycles. The summed E-state index contributed by atoms with van der Waals surface area (Å²) in [6, 6.07) is -1.03. The smallest absolute Gasteiger partial charge is 0.311 e. The average Bonchev–Trinajstić information content (AvgIpc) is 3.48. The summed E-state index contributed by atoms with van der Waals surface area (Å²) in [5, 5.41) is 87.6. The molecular weight excluding hydrogens is 887 g/mol. The number of ketones is 1. The molecular formula is C53H91N3O13. The Morgan fingerprint density at radius 1 is 0.957 bits per heavy atom. The Balaban J connectivity index is 1.22. The molecule has 16 heteroatoms. The van der Waals surface area contributed by atoms with Crippen molar-refractivity contribution in [1.82, 2.24) is 15.1 Å². The van der Waals surface area contributed by atoms with Gasteiger partial charge in [-0.3, -0.25) is 19.3 Å². The minimum absolute atomic E-state index is 0.0117. The van der Waals surface area contributed by atoms with E-state index in [-0.39, 0.29) is 78.7 Å². The number of amides is 1. The van der Waals surface area contributed by atoms with Crippen LogP contribution < -0.4 is 5.32 Å². The van der Waals surface area contributed by atoms with Crippen LogP contribution >= 0.6 is 0 Å². The van der Waals surface area contributed by atoms with E-state index in [1.807, 2.05) is 51.6 Å². The molecule has 6 rings (SSSR count). The molecule has 0 aromatic rings. The van der Waals surface area contributed by atoms with Gasteiger partial charge in [0, 0.05) is 55.9 Å². The first-order valence-corrected chi connectivity index (χ1v) is 26.3. The Morgan fingerprint density at radius 3 is 2.26 bits per heavy atom. The summed E-state index contributed by atoms with van der Waals surface area (Å²) in [5.41, 5.74) is -5.40. The molecule has 6 aliphatic rings. The molecule has 8 N–H and O–H groups in total. The number of aliphatic hydroxyl groups excluding tert-OH is 4. The summed E-state index contributed by atoms with van der Waals surface area (Å²) in [6.45, 7) is 20.5. The summed E-state index contributed by atoms with van der Waals surface area (Å²) >= 11 is 0. The lowest BCUT2D eigenvalue weighted by atomic mass is 9.46. The van der Waals surface area contributed by atoms with Gasteiger partial charge in [-0.05, 0) is 135 Å². The number of rotatable bonds is 9. The largest absolute Gasteiger partial charge is 0.459 e. The number of cyclic esters (lactones) is 1. The number of nitrogens with one attached hydrogen (secondary N) is 1. The van der Waals surface area contributed by atoms with Gasteiger partial charge in [-0.1, -0.05) is 53.2 Å². The molecule has 4 aliphatic carbocycles. The molecule has 1 amide bonds. The highest BCUT2D eigenvalue weighted by atomic mass is 16.7. The molecule has 0 spiro atoms. The van der Waals surface area contributed by atoms with Gasteiger partial charge in [0.25, 0.3) is 5.91 Å². The number of fused-ring (bicyclic) bond motifs is 5. The summed E-state index contributed by atoms with van der Waals surface area (Å²) in [7, 11) is 3.72. The number of nitrogens with zero attached hydrogens (tertiary/aromatic N) is 2. The molecule has 2 heterocycles. The van der Waals surface area contributed by atoms with Crippen LogP contribution in [0.25, 0.3) is 0 Å². The van der Waals surface area contributed by atoms with Crippen molar-refractivity contribution < 1.29 is 64.3 Å². The number of allylic oxidation sites excluding steroid dienone is 2. The highest BCUT2D eigenvalue weighted by molar-refractivity contribution is 5.87. The lowest BCUT2D eigenvalue weighted by Crippen LogP contribution is -2.64. The molecule has 0 bridgehead atoms. The van der Waals surface area contributed by atoms with Crippen molar-refractivity contribution in [3.05, 3.63) is 11.6 Å². The Morgan fingerprint density at radius 2 is 1.62 bits per heavy atom. The Kier molecular flexibility index (Phi) is 17.1. The van der Waals surface area contributed by atoms with E-state index < -0.39 is 94.9 Å². The number of likely N-dealkylation sites (N-methyl/N-ethyl adjacent to an activating group) is 1. The van der Waals surface area contributed by atoms with E-state index in [1.54, 1.807) is 27.7 Å². The zero-order chi connectivity index (χ0) is 51.5. The van der Waals surface area contributed by atoms with Gasteiger partial charge in [-0.25, -0.2) is 0 Å². The molecule has 3 saturated carbocycles. The normalized spacial score (nSPS) is 49.4. The number of Topliss-reactive ketones (excluding diaryl/α,β-unsaturated/α-hetero) is 1. The van der Waals surface area contributed by atoms with Crippen LogP contribution in [0.5, 0.6) is 0 Å². The topological polar surface area (TPSA) is 239 Å². The molecule has 2 aliphatic heterocycles. The first kappa shape index (κ1) is 56.2. The van der Waals surface area contributed by atoms with Gasteiger partial charge < -0.3 is 60.2 Å². The number of carbonyl (C=O) groups is 3. The van der Waals surface area contributed by atoms with Gasteiger partial charge in [-0.15, -0.1) is 0 Å². The van der Waals surface area contributed by atoms with E-state index in [2.05, 4.69) is 18.3 Å². The van der Waals surface area contributed by atoms with Crippen molar-refractivity contribution >= 4 is 17.7 Å². The maximum absolute atomic E-state index is 14.5. The number of hydrogen-bond donors (Lipinski definition) is 8. The van der Waals surface area contributed by atoms with Crippen LogP contribution in [0.15, 0.2) is 11.6 Å². The fraction of sp³-hybridized carbons (Fsp3) is 0.906. The number of ether oxygens (including phenoxy) is 3. The third-order valence-corrected chi connectivity index (χ3v) is 19.0. The quantitative estimate of drug-likeness (QED) is 0.0940. The second-order valence-electron chi connectivity index (χ2n) is 24.3. The minimum Gasteiger partial charge on any atom is -0.459 e. The fourth-order valence-electron chi connectivity index (χ4n) is 14.9. The van der Waals surface area contributed by atoms with Gasteiger partial charge in [0.05, 0.1) is 35.9 Å². The van der Waals surface area contributed by atoms with Crippen LogP contribution in [0, 0.1) is 52.3 Å². The molecule has 69 heavy (non-hydrogen) atoms. The Bertz CT molecular complexity index is 1860. The molecule has 0 radical (unpaired) electrons. The maximum atomic E-state index is 14.5. The van der Waals surface area contributed by atoms with E-state index in [9.17, 15) is 50.1 Å². The minimum atomic E-state index is -1.93. The lowest BCUT2D eigenvalue weighted by Gasteiger charge is -2.59. The van der Waals surface area contributed by atoms with Gasteiger partial charge in [0.1, 0.15) is 29.7 Å². The van der Waals surface area contributed by atoms with E-state index in [0.717, 1.165) is 5.57 Å². The average molecular weight is 978 g/mol. The summed E-state index contributed by atoms with van der Waals surface area (Å²) < 4.78 is 18.6. The summed E-state index contributed by atoms with van der Waals surface area (Å²) in [6.07, 6.45) is -1.74. The van der Waals surface area contributed by atoms with Crippen molar-refractivity contribution in [3.63, 3.8) is 0 Å². The fourth-order valence-corrected chi connectivity index (χ4v) is 14.9. The van der Waals surface area contributed by atoms with E-state index in [4.69, 9.17) is 14.2 Å². The monoisotopic (exact) mass is 978 g/mol. The lowest BCUT2D eigenvalue weighted by molar-refractivity contribution is -0.299. The predicted octanol–water partition coefficient (Wildman–Crippen LogP) is 3.33. The Hall–Kier alpha value is -2.09. The van der Waals surface area contributed by atoms with Crippen LogP contribution in [-0.4, -0.2) is 175 Å². The summed E-state index contributed by atoms with van der Waals surface area (Å²) in [4.78, 5) is 44.6. The van der Waals surface area contributed by atoms with Crippen LogP contribution in [-0.2, 0) is 28.6 Å². The van der Waals surface area contributed by atoms with Crippen LogP contribution in [0.2, 0.25) is 0 Å². The Labute approximate surface area is 411 Å². The molecule has 5 fully saturated rings. The van der Waals surface area contributed by atoms with Gasteiger partial charge in [-0.2, -0.15) is 0 Å². The first-order valence-electron chi connectivity index (χ1n) is 26.3. The number of aliphatic hydroxyl groups is 7. The number of carbonyl (C=O) groups excluding carboxylic acids is 3. The van der Waals surface area contributed by atoms with E-state index in [1.165, 1.54) is 13.8 Å². The van der Waals surface area contributed by atoms with Crippen molar-refractivity contribution in [2.75, 3.05) is 33.7 Å². The second kappa shape index (κ2) is 21.0. The third-order valence-electron chi connectivity index (χ3n) is 19.0. The van der Waals surface area contributed by atoms with E-state index in [0.29, 0.717) is 58.0 Å². The molecule has 4 unspecified atom stereocenters. The van der Waals surface area contributed by atoms with Crippen molar-refractivity contribution in [1.29, 1.82) is 0 Å². The molecule has 0 aromatic carbocycles. The standard InChI is InChI=1S/C53H91N3O13/c1-14-40-52(11,65)44(61)33(7)56(27-28(2)25-51(10,64)45(31(5)42(59)32(6)46(62)68-40)69-47-43(60)38(55(12)13)23-30(4)67-47)21-15-20-54-48(63)53(66)29(3)22-37-36-17-16-34-24-35(57)18-19-49(34,8)41(36)39(58)26-50(37,53)9/h16,28-33,36-45,47,58-61,64-66H,14-15,17-27H2,1-13H3,(H,54,63)/t28-,29-,30-,31+,32-,33-,36?,37?,38-,39+,40-,41?,42+,43-,44-,45?,47+,49+,50+,51-,52-,53+/m1/s1. The molecule has 16 nitrogen and oxygen atoms in total.